The van der Waals surface area contributed by atoms with Gasteiger partial charge in [-0.1, -0.05) is 0 Å². The van der Waals surface area contributed by atoms with Gasteiger partial charge in [-0.2, -0.15) is 0 Å². The van der Waals surface area contributed by atoms with E-state index >= 15 is 0 Å². The van der Waals surface area contributed by atoms with Crippen molar-refractivity contribution in [2.45, 2.75) is 0 Å². The number of hydrogen-bond acceptors (Lipinski definition) is 4. The van der Waals surface area contributed by atoms with Crippen molar-refractivity contribution in [3.05, 3.63) is 29.1 Å². The summed E-state index contributed by atoms with van der Waals surface area (Å²) in [6, 6.07) is 2.68. The molecule has 1 fully saturated rings. The highest BCUT2D eigenvalue weighted by Crippen LogP contribution is 2.12. The van der Waals surface area contributed by atoms with E-state index in [0.717, 1.165) is 0 Å². The van der Waals surface area contributed by atoms with Gasteiger partial charge in [0.25, 0.3) is 5.82 Å². The summed E-state index contributed by atoms with van der Waals surface area (Å²) in [5.41, 5.74) is 0.119. The number of carbonyl (C=O) groups is 1. The Hall–Kier alpha value is -1.82. The van der Waals surface area contributed by atoms with Crippen LogP contribution in [0.4, 0.5) is 5.82 Å². The average molecular weight is 224 g/mol. The van der Waals surface area contributed by atoms with Crippen molar-refractivity contribution in [2.75, 3.05) is 31.2 Å². The quantitative estimate of drug-likeness (QED) is 0.558. The molecule has 0 aliphatic carbocycles. The maximum atomic E-state index is 11.5. The third-order valence-electron chi connectivity index (χ3n) is 2.48. The van der Waals surface area contributed by atoms with Gasteiger partial charge in [-0.05, 0) is 6.07 Å². The van der Waals surface area contributed by atoms with Gasteiger partial charge in [0.2, 0.25) is 0 Å². The number of anilines is 1. The Morgan fingerprint density at radius 3 is 2.81 bits per heavy atom. The largest absolute Gasteiger partial charge is 0.711 e. The van der Waals surface area contributed by atoms with Crippen LogP contribution in [0.25, 0.3) is 0 Å². The van der Waals surface area contributed by atoms with E-state index < -0.39 is 5.97 Å². The summed E-state index contributed by atoms with van der Waals surface area (Å²) in [6.07, 6.45) is 1.22. The molecule has 0 radical (unpaired) electrons. The second-order valence-corrected chi connectivity index (χ2v) is 3.50. The fourth-order valence-corrected chi connectivity index (χ4v) is 1.63. The Morgan fingerprint density at radius 1 is 1.50 bits per heavy atom. The minimum Gasteiger partial charge on any atom is -0.711 e. The van der Waals surface area contributed by atoms with Gasteiger partial charge in [0.15, 0.2) is 0 Å². The van der Waals surface area contributed by atoms with Crippen LogP contribution in [0, 0.1) is 5.21 Å². The highest BCUT2D eigenvalue weighted by atomic mass is 16.5. The molecule has 0 spiro atoms. The molecule has 1 aromatic rings. The van der Waals surface area contributed by atoms with Crippen molar-refractivity contribution in [3.8, 4) is 0 Å². The fraction of sp³-hybridized carbons (Fsp3) is 0.400. The fourth-order valence-electron chi connectivity index (χ4n) is 1.63. The van der Waals surface area contributed by atoms with E-state index in [1.165, 1.54) is 18.3 Å². The molecule has 1 N–H and O–H groups in total. The van der Waals surface area contributed by atoms with Crippen LogP contribution in [0.1, 0.15) is 10.4 Å². The van der Waals surface area contributed by atoms with Crippen LogP contribution in [0.2, 0.25) is 0 Å². The third kappa shape index (κ3) is 2.06. The van der Waals surface area contributed by atoms with E-state index in [9.17, 15) is 10.0 Å². The number of carboxylic acid groups (broad SMARTS) is 1. The van der Waals surface area contributed by atoms with Crippen molar-refractivity contribution >= 4 is 11.8 Å². The summed E-state index contributed by atoms with van der Waals surface area (Å²) in [5.74, 6) is -0.668. The smallest absolute Gasteiger partial charge is 0.336 e. The molecule has 0 unspecified atom stereocenters. The molecule has 0 atom stereocenters. The highest BCUT2D eigenvalue weighted by Gasteiger charge is 2.21. The highest BCUT2D eigenvalue weighted by molar-refractivity contribution is 5.88. The van der Waals surface area contributed by atoms with Gasteiger partial charge in [-0.15, -0.1) is 0 Å². The van der Waals surface area contributed by atoms with E-state index in [0.29, 0.717) is 36.9 Å². The number of aromatic nitrogens is 1. The first-order valence-electron chi connectivity index (χ1n) is 4.97. The molecular weight excluding hydrogens is 212 g/mol. The van der Waals surface area contributed by atoms with Crippen molar-refractivity contribution < 1.29 is 19.4 Å². The predicted molar refractivity (Wildman–Crippen MR) is 55.4 cm³/mol. The number of carboxylic acids is 1. The molecule has 0 aromatic carbocycles. The van der Waals surface area contributed by atoms with Crippen molar-refractivity contribution in [1.29, 1.82) is 0 Å². The van der Waals surface area contributed by atoms with E-state index in [1.54, 1.807) is 0 Å². The van der Waals surface area contributed by atoms with Crippen LogP contribution in [0.15, 0.2) is 18.3 Å². The topological polar surface area (TPSA) is 76.7 Å². The van der Waals surface area contributed by atoms with Gasteiger partial charge in [-0.25, -0.2) is 9.52 Å². The summed E-state index contributed by atoms with van der Waals surface area (Å²) in [5, 5.41) is 20.4. The van der Waals surface area contributed by atoms with Gasteiger partial charge >= 0.3 is 5.97 Å². The lowest BCUT2D eigenvalue weighted by Gasteiger charge is -2.24. The molecule has 2 rings (SSSR count). The third-order valence-corrected chi connectivity index (χ3v) is 2.48. The molecule has 0 bridgehead atoms. The van der Waals surface area contributed by atoms with Crippen molar-refractivity contribution in [3.63, 3.8) is 0 Å². The normalized spacial score (nSPS) is 16.1. The van der Waals surface area contributed by atoms with Gasteiger partial charge in [0.1, 0.15) is 13.1 Å². The monoisotopic (exact) mass is 224 g/mol. The first kappa shape index (κ1) is 10.7. The number of nitrogens with zero attached hydrogens (tertiary/aromatic N) is 2. The first-order chi connectivity index (χ1) is 7.68. The molecule has 1 aromatic heterocycles. The number of morpholine rings is 1. The molecule has 2 heterocycles. The number of pyridine rings is 1. The van der Waals surface area contributed by atoms with Gasteiger partial charge in [0, 0.05) is 6.07 Å². The van der Waals surface area contributed by atoms with Crippen LogP contribution >= 0.6 is 0 Å². The van der Waals surface area contributed by atoms with Crippen LogP contribution in [0.3, 0.4) is 0 Å². The Bertz CT molecular complexity index is 402. The summed E-state index contributed by atoms with van der Waals surface area (Å²) >= 11 is 0. The Labute approximate surface area is 92.3 Å². The van der Waals surface area contributed by atoms with Gasteiger partial charge in [-0.3, -0.25) is 4.90 Å². The molecule has 6 nitrogen and oxygen atoms in total. The Kier molecular flexibility index (Phi) is 2.91. The Balaban J connectivity index is 2.30. The number of aromatic carboxylic acids is 1. The van der Waals surface area contributed by atoms with Gasteiger partial charge in [0.05, 0.1) is 25.0 Å². The average Bonchev–Trinajstić information content (AvgIpc) is 2.30. The second-order valence-electron chi connectivity index (χ2n) is 3.50. The maximum absolute atomic E-state index is 11.5. The lowest BCUT2D eigenvalue weighted by Crippen LogP contribution is -2.44. The van der Waals surface area contributed by atoms with E-state index in [4.69, 9.17) is 9.84 Å². The summed E-state index contributed by atoms with van der Waals surface area (Å²) in [6.45, 7) is 2.31. The SMILES string of the molecule is O=C(O)c1cc[n+]([O-])c(N2CCOCC2)c1. The van der Waals surface area contributed by atoms with Crippen LogP contribution in [0.5, 0.6) is 0 Å². The van der Waals surface area contributed by atoms with E-state index in [2.05, 4.69) is 0 Å². The lowest BCUT2D eigenvalue weighted by atomic mass is 10.2. The molecule has 1 aliphatic heterocycles. The summed E-state index contributed by atoms with van der Waals surface area (Å²) < 4.78 is 5.85. The van der Waals surface area contributed by atoms with Crippen molar-refractivity contribution in [2.24, 2.45) is 0 Å². The lowest BCUT2D eigenvalue weighted by molar-refractivity contribution is -0.592. The molecule has 0 amide bonds. The van der Waals surface area contributed by atoms with Crippen molar-refractivity contribution in [1.82, 2.24) is 0 Å². The summed E-state index contributed by atoms with van der Waals surface area (Å²) in [7, 11) is 0. The van der Waals surface area contributed by atoms with Gasteiger partial charge < -0.3 is 15.1 Å². The Morgan fingerprint density at radius 2 is 2.19 bits per heavy atom. The first-order valence-corrected chi connectivity index (χ1v) is 4.97. The zero-order valence-corrected chi connectivity index (χ0v) is 8.63. The number of ether oxygens (including phenoxy) is 1. The molecule has 1 saturated heterocycles. The van der Waals surface area contributed by atoms with E-state index in [-0.39, 0.29) is 5.56 Å². The zero-order chi connectivity index (χ0) is 11.5. The maximum Gasteiger partial charge on any atom is 0.336 e. The minimum atomic E-state index is -1.03. The molecule has 86 valence electrons. The second kappa shape index (κ2) is 4.36. The molecule has 0 saturated carbocycles. The molecule has 16 heavy (non-hydrogen) atoms. The van der Waals surface area contributed by atoms with E-state index in [1.807, 2.05) is 4.90 Å². The molecule has 1 aliphatic rings. The molecule has 6 heteroatoms. The number of rotatable bonds is 2. The minimum absolute atomic E-state index is 0.119. The standard InChI is InChI=1S/C10H12N2O4/c13-10(14)8-1-2-12(15)9(7-8)11-3-5-16-6-4-11/h1-2,7H,3-6H2,(H,13,14). The van der Waals surface area contributed by atoms with Crippen LogP contribution < -0.4 is 9.63 Å². The van der Waals surface area contributed by atoms with Crippen LogP contribution in [-0.2, 0) is 4.74 Å². The number of hydrogen-bond donors (Lipinski definition) is 1. The van der Waals surface area contributed by atoms with Crippen LogP contribution in [-0.4, -0.2) is 37.4 Å². The molecular formula is C10H12N2O4. The summed E-state index contributed by atoms with van der Waals surface area (Å²) in [4.78, 5) is 12.6. The predicted octanol–water partition coefficient (Wildman–Crippen LogP) is -0.145. The zero-order valence-electron chi connectivity index (χ0n) is 8.63.